The van der Waals surface area contributed by atoms with Gasteiger partial charge in [-0.15, -0.1) is 0 Å². The summed E-state index contributed by atoms with van der Waals surface area (Å²) >= 11 is 0. The Hall–Kier alpha value is -2.63. The molecule has 1 aromatic carbocycles. The Balaban J connectivity index is 1.79. The van der Waals surface area contributed by atoms with E-state index in [1.807, 2.05) is 0 Å². The number of aromatic nitrogens is 2. The summed E-state index contributed by atoms with van der Waals surface area (Å²) in [4.78, 5) is 17.3. The molecular weight excluding hydrogens is 330 g/mol. The van der Waals surface area contributed by atoms with Crippen molar-refractivity contribution in [2.75, 3.05) is 6.61 Å². The van der Waals surface area contributed by atoms with Crippen molar-refractivity contribution in [3.63, 3.8) is 0 Å². The summed E-state index contributed by atoms with van der Waals surface area (Å²) in [5.74, 6) is 1.67. The van der Waals surface area contributed by atoms with Crippen LogP contribution in [0.2, 0.25) is 0 Å². The van der Waals surface area contributed by atoms with Gasteiger partial charge in [0.15, 0.2) is 5.82 Å². The average molecular weight is 355 g/mol. The van der Waals surface area contributed by atoms with Crippen molar-refractivity contribution in [3.05, 3.63) is 54.2 Å². The van der Waals surface area contributed by atoms with Crippen LogP contribution in [-0.4, -0.2) is 22.7 Å². The van der Waals surface area contributed by atoms with Gasteiger partial charge in [-0.3, -0.25) is 4.79 Å². The fraction of sp³-hybridized carbons (Fsp3) is 0.450. The van der Waals surface area contributed by atoms with Crippen LogP contribution in [0.3, 0.4) is 0 Å². The molecule has 1 N–H and O–H groups in total. The molecule has 0 aliphatic heterocycles. The summed E-state index contributed by atoms with van der Waals surface area (Å²) in [6.45, 7) is 5.83. The molecule has 6 nitrogen and oxygen atoms in total. The molecular formula is C20H25N3O3. The Kier molecular flexibility index (Phi) is 5.71. The Morgan fingerprint density at radius 1 is 1.27 bits per heavy atom. The molecule has 26 heavy (non-hydrogen) atoms. The fourth-order valence-electron chi connectivity index (χ4n) is 3.38. The van der Waals surface area contributed by atoms with Gasteiger partial charge in [0, 0.05) is 12.5 Å². The third-order valence-corrected chi connectivity index (χ3v) is 4.75. The molecule has 0 spiro atoms. The zero-order chi connectivity index (χ0) is 18.4. The number of rotatable bonds is 6. The topological polar surface area (TPSA) is 77.2 Å². The number of carbonyl (C=O) groups excluding carboxylic acids is 1. The third-order valence-electron chi connectivity index (χ3n) is 4.75. The highest BCUT2D eigenvalue weighted by Crippen LogP contribution is 2.35. The molecule has 0 unspecified atom stereocenters. The summed E-state index contributed by atoms with van der Waals surface area (Å²) in [5.41, 5.74) is 0.0170. The molecule has 1 amide bonds. The number of nitrogens with zero attached hydrogens (tertiary/aromatic N) is 2. The summed E-state index contributed by atoms with van der Waals surface area (Å²) in [7, 11) is 0. The van der Waals surface area contributed by atoms with Crippen molar-refractivity contribution < 1.29 is 14.1 Å². The zero-order valence-corrected chi connectivity index (χ0v) is 15.2. The Bertz CT molecular complexity index is 744. The molecule has 6 heteroatoms. The Morgan fingerprint density at radius 2 is 1.96 bits per heavy atom. The minimum absolute atomic E-state index is 0.135. The van der Waals surface area contributed by atoms with Gasteiger partial charge in [-0.2, -0.15) is 4.98 Å². The van der Waals surface area contributed by atoms with Gasteiger partial charge in [0.05, 0.1) is 0 Å². The number of hydrogen-bond acceptors (Lipinski definition) is 5. The van der Waals surface area contributed by atoms with Crippen LogP contribution in [0.5, 0.6) is 5.75 Å². The van der Waals surface area contributed by atoms with Gasteiger partial charge in [-0.1, -0.05) is 43.5 Å². The maximum absolute atomic E-state index is 12.9. The number of amides is 1. The summed E-state index contributed by atoms with van der Waals surface area (Å²) in [6, 6.07) is 7.10. The molecule has 1 aromatic heterocycles. The van der Waals surface area contributed by atoms with Crippen LogP contribution >= 0.6 is 0 Å². The van der Waals surface area contributed by atoms with Gasteiger partial charge in [0.2, 0.25) is 5.89 Å². The van der Waals surface area contributed by atoms with Crippen molar-refractivity contribution >= 4 is 5.91 Å². The molecule has 0 atom stereocenters. The van der Waals surface area contributed by atoms with E-state index in [2.05, 4.69) is 22.0 Å². The lowest BCUT2D eigenvalue weighted by Gasteiger charge is -2.30. The number of carbonyl (C=O) groups is 1. The van der Waals surface area contributed by atoms with Crippen LogP contribution in [0.15, 0.2) is 41.4 Å². The van der Waals surface area contributed by atoms with E-state index in [4.69, 9.17) is 9.26 Å². The average Bonchev–Trinajstić information content (AvgIpc) is 2.96. The van der Waals surface area contributed by atoms with E-state index in [0.29, 0.717) is 29.6 Å². The number of benzene rings is 1. The maximum atomic E-state index is 12.9. The van der Waals surface area contributed by atoms with Gasteiger partial charge in [0.25, 0.3) is 5.91 Å². The molecule has 1 aliphatic rings. The second kappa shape index (κ2) is 8.17. The summed E-state index contributed by atoms with van der Waals surface area (Å²) < 4.78 is 10.7. The summed E-state index contributed by atoms with van der Waals surface area (Å²) in [5, 5.41) is 7.32. The van der Waals surface area contributed by atoms with Crippen LogP contribution in [-0.2, 0) is 5.54 Å². The highest BCUT2D eigenvalue weighted by molar-refractivity contribution is 5.94. The standard InChI is InChI=1S/C20H25N3O3/c1-3-14-25-17-10-8-16(9-11-17)18(24)22-20(12-6-4-5-7-13-20)19-21-15(2)26-23-19/h3,8-11H,1,4-7,12-14H2,2H3,(H,22,24). The first-order valence-corrected chi connectivity index (χ1v) is 9.10. The van der Waals surface area contributed by atoms with Crippen molar-refractivity contribution in [1.82, 2.24) is 15.5 Å². The molecule has 1 saturated carbocycles. The van der Waals surface area contributed by atoms with E-state index in [9.17, 15) is 4.79 Å². The van der Waals surface area contributed by atoms with Crippen molar-refractivity contribution in [2.24, 2.45) is 0 Å². The van der Waals surface area contributed by atoms with Crippen LogP contribution in [0.4, 0.5) is 0 Å². The SMILES string of the molecule is C=CCOc1ccc(C(=O)NC2(c3noc(C)n3)CCCCCC2)cc1. The predicted molar refractivity (Wildman–Crippen MR) is 98.0 cm³/mol. The molecule has 2 aromatic rings. The maximum Gasteiger partial charge on any atom is 0.252 e. The molecule has 138 valence electrons. The zero-order valence-electron chi connectivity index (χ0n) is 15.2. The first kappa shape index (κ1) is 18.2. The first-order valence-electron chi connectivity index (χ1n) is 9.10. The molecule has 1 heterocycles. The molecule has 0 bridgehead atoms. The Morgan fingerprint density at radius 3 is 2.54 bits per heavy atom. The van der Waals surface area contributed by atoms with E-state index in [0.717, 1.165) is 38.5 Å². The number of aryl methyl sites for hydroxylation is 1. The van der Waals surface area contributed by atoms with Crippen molar-refractivity contribution in [3.8, 4) is 5.75 Å². The third kappa shape index (κ3) is 4.12. The smallest absolute Gasteiger partial charge is 0.252 e. The minimum atomic E-state index is -0.566. The van der Waals surface area contributed by atoms with Crippen LogP contribution in [0.25, 0.3) is 0 Å². The van der Waals surface area contributed by atoms with Crippen molar-refractivity contribution in [1.29, 1.82) is 0 Å². The first-order chi connectivity index (χ1) is 12.6. The lowest BCUT2D eigenvalue weighted by Crippen LogP contribution is -2.46. The molecule has 3 rings (SSSR count). The monoisotopic (exact) mass is 355 g/mol. The van der Waals surface area contributed by atoms with Gasteiger partial charge in [-0.25, -0.2) is 0 Å². The van der Waals surface area contributed by atoms with Crippen molar-refractivity contribution in [2.45, 2.75) is 51.0 Å². The highest BCUT2D eigenvalue weighted by Gasteiger charge is 2.38. The van der Waals surface area contributed by atoms with E-state index in [-0.39, 0.29) is 5.91 Å². The van der Waals surface area contributed by atoms with Gasteiger partial charge < -0.3 is 14.6 Å². The van der Waals surface area contributed by atoms with Crippen LogP contribution < -0.4 is 10.1 Å². The lowest BCUT2D eigenvalue weighted by molar-refractivity contribution is 0.0876. The highest BCUT2D eigenvalue weighted by atomic mass is 16.5. The number of hydrogen-bond donors (Lipinski definition) is 1. The summed E-state index contributed by atoms with van der Waals surface area (Å²) in [6.07, 6.45) is 7.69. The largest absolute Gasteiger partial charge is 0.490 e. The second-order valence-corrected chi connectivity index (χ2v) is 6.71. The van der Waals surface area contributed by atoms with Crippen LogP contribution in [0.1, 0.15) is 60.6 Å². The van der Waals surface area contributed by atoms with Crippen LogP contribution in [0, 0.1) is 6.92 Å². The fourth-order valence-corrected chi connectivity index (χ4v) is 3.38. The number of ether oxygens (including phenoxy) is 1. The normalized spacial score (nSPS) is 16.5. The van der Waals surface area contributed by atoms with E-state index in [1.54, 1.807) is 37.3 Å². The number of nitrogens with one attached hydrogen (secondary N) is 1. The van der Waals surface area contributed by atoms with E-state index < -0.39 is 5.54 Å². The molecule has 0 radical (unpaired) electrons. The van der Waals surface area contributed by atoms with Gasteiger partial charge in [0.1, 0.15) is 17.9 Å². The minimum Gasteiger partial charge on any atom is -0.490 e. The molecule has 1 aliphatic carbocycles. The predicted octanol–water partition coefficient (Wildman–Crippen LogP) is 3.92. The quantitative estimate of drug-likeness (QED) is 0.628. The van der Waals surface area contributed by atoms with E-state index in [1.165, 1.54) is 0 Å². The van der Waals surface area contributed by atoms with Gasteiger partial charge >= 0.3 is 0 Å². The second-order valence-electron chi connectivity index (χ2n) is 6.71. The lowest BCUT2D eigenvalue weighted by atomic mass is 9.88. The Labute approximate surface area is 153 Å². The molecule has 1 fully saturated rings. The molecule has 0 saturated heterocycles. The van der Waals surface area contributed by atoms with E-state index >= 15 is 0 Å². The van der Waals surface area contributed by atoms with Gasteiger partial charge in [-0.05, 0) is 37.1 Å².